The lowest BCUT2D eigenvalue weighted by atomic mass is 10.0. The SMILES string of the molecule is Cc1cc(-c2nc3ccc(N=Nc4c(O)c(CONc5ccc(CONc6ccccc6)cc5)cc5ccccc45)cc3o2)ccc1N=Nc1c(O)c(C(=O)Nc2ccc(C(=O)Nc3ccccc3)cc2)cc2ccccc12. The maximum atomic E-state index is 13.7. The number of nitrogens with zero attached hydrogens (tertiary/aromatic N) is 5. The van der Waals surface area contributed by atoms with E-state index in [2.05, 4.69) is 42.1 Å². The Hall–Kier alpha value is -10.6. The molecule has 78 heavy (non-hydrogen) atoms. The molecule has 0 bridgehead atoms. The van der Waals surface area contributed by atoms with Gasteiger partial charge in [-0.1, -0.05) is 97.1 Å². The number of benzene rings is 10. The number of azo groups is 2. The fraction of sp³-hybridized carbons (Fsp3) is 0.0484. The first-order valence-corrected chi connectivity index (χ1v) is 24.7. The van der Waals surface area contributed by atoms with Crippen molar-refractivity contribution in [3.8, 4) is 23.0 Å². The van der Waals surface area contributed by atoms with Crippen molar-refractivity contribution in [2.45, 2.75) is 20.1 Å². The Bertz CT molecular complexity index is 4060. The van der Waals surface area contributed by atoms with Crippen molar-refractivity contribution in [3.63, 3.8) is 0 Å². The van der Waals surface area contributed by atoms with Crippen LogP contribution in [0.1, 0.15) is 37.4 Å². The maximum Gasteiger partial charge on any atom is 0.259 e. The third-order valence-electron chi connectivity index (χ3n) is 12.7. The number of anilines is 4. The summed E-state index contributed by atoms with van der Waals surface area (Å²) in [5, 5.41) is 49.6. The van der Waals surface area contributed by atoms with Gasteiger partial charge in [-0.2, -0.15) is 10.2 Å². The van der Waals surface area contributed by atoms with Crippen LogP contribution in [0.2, 0.25) is 0 Å². The van der Waals surface area contributed by atoms with Crippen molar-refractivity contribution < 1.29 is 33.9 Å². The topological polar surface area (TPSA) is 217 Å². The zero-order valence-corrected chi connectivity index (χ0v) is 41.7. The van der Waals surface area contributed by atoms with Crippen molar-refractivity contribution in [2.24, 2.45) is 20.5 Å². The molecule has 16 heteroatoms. The lowest BCUT2D eigenvalue weighted by Gasteiger charge is -2.12. The maximum absolute atomic E-state index is 13.7. The fourth-order valence-corrected chi connectivity index (χ4v) is 8.59. The average Bonchev–Trinajstić information content (AvgIpc) is 3.98. The molecule has 0 radical (unpaired) electrons. The molecule has 1 heterocycles. The number of carbonyl (C=O) groups is 2. The summed E-state index contributed by atoms with van der Waals surface area (Å²) in [6, 6.07) is 61.9. The van der Waals surface area contributed by atoms with Gasteiger partial charge in [0, 0.05) is 44.9 Å². The second kappa shape index (κ2) is 22.5. The molecule has 382 valence electrons. The lowest BCUT2D eigenvalue weighted by molar-refractivity contribution is 0.101. The summed E-state index contributed by atoms with van der Waals surface area (Å²) in [7, 11) is 0. The van der Waals surface area contributed by atoms with Gasteiger partial charge in [0.15, 0.2) is 11.3 Å². The Morgan fingerprint density at radius 1 is 0.538 bits per heavy atom. The molecule has 0 spiro atoms. The number of nitrogens with one attached hydrogen (secondary N) is 4. The van der Waals surface area contributed by atoms with Crippen LogP contribution in [0, 0.1) is 6.92 Å². The van der Waals surface area contributed by atoms with Crippen LogP contribution >= 0.6 is 0 Å². The standard InChI is InChI=1S/C62H47N9O7/c1-38-32-43(24-30-53(38)67-69-57-51-19-11-9-13-42(51)34-52(59(57)73)61(75)64-46-27-22-40(23-28-46)60(74)63-45-14-4-2-5-15-45)62-65-54-31-29-49(35-55(54)78-62)66-68-56-50-18-10-8-12-41(50)33-44(58(56)72)37-77-71-48-25-20-39(21-26-48)36-76-70-47-16-6-3-7-17-47/h2-35,70-73H,36-37H2,1H3,(H,63,74)(H,64,75). The first-order valence-electron chi connectivity index (χ1n) is 24.7. The van der Waals surface area contributed by atoms with Gasteiger partial charge in [-0.15, -0.1) is 10.2 Å². The second-order valence-corrected chi connectivity index (χ2v) is 18.1. The number of phenolic OH excluding ortho intramolecular Hbond substituents is 2. The molecular weight excluding hydrogens is 983 g/mol. The Labute approximate surface area is 446 Å². The minimum atomic E-state index is -0.571. The smallest absolute Gasteiger partial charge is 0.259 e. The van der Waals surface area contributed by atoms with Crippen LogP contribution in [0.4, 0.5) is 45.5 Å². The zero-order chi connectivity index (χ0) is 53.4. The van der Waals surface area contributed by atoms with Crippen LogP contribution in [0.5, 0.6) is 11.5 Å². The third-order valence-corrected chi connectivity index (χ3v) is 12.7. The van der Waals surface area contributed by atoms with Crippen molar-refractivity contribution in [2.75, 3.05) is 21.6 Å². The molecule has 1 aromatic heterocycles. The van der Waals surface area contributed by atoms with Gasteiger partial charge in [0.05, 0.1) is 34.9 Å². The molecule has 0 aliphatic heterocycles. The van der Waals surface area contributed by atoms with E-state index in [4.69, 9.17) is 19.1 Å². The van der Waals surface area contributed by atoms with Gasteiger partial charge >= 0.3 is 0 Å². The van der Waals surface area contributed by atoms with Crippen LogP contribution in [-0.2, 0) is 22.9 Å². The van der Waals surface area contributed by atoms with Crippen LogP contribution in [-0.4, -0.2) is 27.0 Å². The van der Waals surface area contributed by atoms with E-state index in [9.17, 15) is 19.8 Å². The lowest BCUT2D eigenvalue weighted by Crippen LogP contribution is -2.14. The van der Waals surface area contributed by atoms with E-state index < -0.39 is 5.91 Å². The minimum absolute atomic E-state index is 0.00419. The van der Waals surface area contributed by atoms with Crippen molar-refractivity contribution in [1.29, 1.82) is 0 Å². The summed E-state index contributed by atoms with van der Waals surface area (Å²) < 4.78 is 6.25. The number of para-hydroxylation sites is 2. The van der Waals surface area contributed by atoms with E-state index in [-0.39, 0.29) is 35.3 Å². The van der Waals surface area contributed by atoms with Gasteiger partial charge in [-0.25, -0.2) is 4.98 Å². The molecule has 0 aliphatic rings. The summed E-state index contributed by atoms with van der Waals surface area (Å²) in [4.78, 5) is 42.6. The molecule has 0 atom stereocenters. The molecule has 0 aliphatic carbocycles. The molecule has 2 amide bonds. The number of oxazole rings is 1. The molecule has 0 unspecified atom stereocenters. The van der Waals surface area contributed by atoms with Crippen molar-refractivity contribution in [1.82, 2.24) is 4.98 Å². The number of rotatable bonds is 17. The van der Waals surface area contributed by atoms with Crippen molar-refractivity contribution in [3.05, 3.63) is 234 Å². The van der Waals surface area contributed by atoms with Gasteiger partial charge in [0.2, 0.25) is 5.89 Å². The van der Waals surface area contributed by atoms with Gasteiger partial charge in [-0.3, -0.25) is 30.2 Å². The highest BCUT2D eigenvalue weighted by molar-refractivity contribution is 6.12. The highest BCUT2D eigenvalue weighted by Crippen LogP contribution is 2.42. The molecule has 6 N–H and O–H groups in total. The largest absolute Gasteiger partial charge is 0.505 e. The van der Waals surface area contributed by atoms with Crippen LogP contribution in [0.15, 0.2) is 231 Å². The number of carbonyl (C=O) groups excluding carboxylic acids is 2. The molecular formula is C62H47N9O7. The number of aromatic nitrogens is 1. The first kappa shape index (κ1) is 49.7. The van der Waals surface area contributed by atoms with E-state index in [0.29, 0.717) is 84.9 Å². The molecule has 11 rings (SSSR count). The fourth-order valence-electron chi connectivity index (χ4n) is 8.59. The number of phenols is 2. The highest BCUT2D eigenvalue weighted by atomic mass is 16.6. The van der Waals surface area contributed by atoms with Crippen molar-refractivity contribution >= 4 is 90.0 Å². The Balaban J connectivity index is 0.756. The zero-order valence-electron chi connectivity index (χ0n) is 41.7. The second-order valence-electron chi connectivity index (χ2n) is 18.1. The predicted octanol–water partition coefficient (Wildman–Crippen LogP) is 15.9. The van der Waals surface area contributed by atoms with E-state index in [1.807, 2.05) is 140 Å². The first-order chi connectivity index (χ1) is 38.2. The Morgan fingerprint density at radius 2 is 1.13 bits per heavy atom. The molecule has 10 aromatic carbocycles. The average molecular weight is 1030 g/mol. The number of aryl methyl sites for hydroxylation is 1. The van der Waals surface area contributed by atoms with Gasteiger partial charge in [-0.05, 0) is 132 Å². The Morgan fingerprint density at radius 3 is 1.85 bits per heavy atom. The summed E-state index contributed by atoms with van der Waals surface area (Å²) in [5.74, 6) is -0.904. The minimum Gasteiger partial charge on any atom is -0.505 e. The summed E-state index contributed by atoms with van der Waals surface area (Å²) in [6.45, 7) is 2.28. The van der Waals surface area contributed by atoms with E-state index in [0.717, 1.165) is 27.9 Å². The summed E-state index contributed by atoms with van der Waals surface area (Å²) in [5.41, 5.74) is 14.4. The number of aromatic hydroxyl groups is 2. The number of amides is 2. The predicted molar refractivity (Wildman–Crippen MR) is 302 cm³/mol. The van der Waals surface area contributed by atoms with Crippen LogP contribution < -0.4 is 21.6 Å². The van der Waals surface area contributed by atoms with Gasteiger partial charge in [0.25, 0.3) is 11.8 Å². The third kappa shape index (κ3) is 11.3. The molecule has 0 fully saturated rings. The molecule has 0 saturated carbocycles. The molecule has 0 saturated heterocycles. The Kier molecular flexibility index (Phi) is 14.3. The molecule has 11 aromatic rings. The van der Waals surface area contributed by atoms with Gasteiger partial charge < -0.3 is 25.3 Å². The number of fused-ring (bicyclic) bond motifs is 3. The molecule has 16 nitrogen and oxygen atoms in total. The van der Waals surface area contributed by atoms with E-state index in [1.54, 1.807) is 72.8 Å². The number of hydrogen-bond donors (Lipinski definition) is 6. The quantitative estimate of drug-likeness (QED) is 0.0374. The van der Waals surface area contributed by atoms with E-state index >= 15 is 0 Å². The summed E-state index contributed by atoms with van der Waals surface area (Å²) >= 11 is 0. The van der Waals surface area contributed by atoms with Gasteiger partial charge in [0.1, 0.15) is 29.2 Å². The van der Waals surface area contributed by atoms with Crippen LogP contribution in [0.3, 0.4) is 0 Å². The van der Waals surface area contributed by atoms with E-state index in [1.165, 1.54) is 0 Å². The van der Waals surface area contributed by atoms with Crippen LogP contribution in [0.25, 0.3) is 44.1 Å². The highest BCUT2D eigenvalue weighted by Gasteiger charge is 2.20. The monoisotopic (exact) mass is 1030 g/mol. The number of hydrogen-bond acceptors (Lipinski definition) is 14. The summed E-state index contributed by atoms with van der Waals surface area (Å²) in [6.07, 6.45) is 0. The normalized spacial score (nSPS) is 11.4.